The zero-order valence-electron chi connectivity index (χ0n) is 14.2. The molecule has 0 atom stereocenters. The summed E-state index contributed by atoms with van der Waals surface area (Å²) < 4.78 is 0. The Bertz CT molecular complexity index is 1090. The van der Waals surface area contributed by atoms with Crippen molar-refractivity contribution < 1.29 is 9.90 Å². The van der Waals surface area contributed by atoms with Gasteiger partial charge < -0.3 is 10.4 Å². The topological polar surface area (TPSA) is 61.7 Å². The van der Waals surface area contributed by atoms with Crippen LogP contribution in [0.4, 0.5) is 5.69 Å². The van der Waals surface area contributed by atoms with Crippen molar-refractivity contribution in [1.82, 2.24) is 0 Å². The molecule has 132 valence electrons. The molecule has 1 aliphatic rings. The highest BCUT2D eigenvalue weighted by Gasteiger charge is 2.21. The van der Waals surface area contributed by atoms with Gasteiger partial charge >= 0.3 is 0 Å². The summed E-state index contributed by atoms with van der Waals surface area (Å²) in [4.78, 5) is 17.4. The van der Waals surface area contributed by atoms with Gasteiger partial charge in [-0.15, -0.1) is 0 Å². The molecule has 0 aromatic heterocycles. The largest absolute Gasteiger partial charge is 0.508 e. The smallest absolute Gasteiger partial charge is 0.274 e. The summed E-state index contributed by atoms with van der Waals surface area (Å²) in [6.07, 6.45) is 1.64. The average molecular weight is 375 g/mol. The first-order valence-corrected chi connectivity index (χ1v) is 8.74. The first-order chi connectivity index (χ1) is 13.1. The van der Waals surface area contributed by atoms with Crippen LogP contribution in [0.5, 0.6) is 5.75 Å². The first-order valence-electron chi connectivity index (χ1n) is 8.36. The average Bonchev–Trinajstić information content (AvgIpc) is 2.79. The minimum atomic E-state index is -0.326. The van der Waals surface area contributed by atoms with Gasteiger partial charge in [-0.2, -0.15) is 0 Å². The second-order valence-corrected chi connectivity index (χ2v) is 6.53. The van der Waals surface area contributed by atoms with Crippen LogP contribution >= 0.6 is 11.6 Å². The number of nitrogens with zero attached hydrogens (tertiary/aromatic N) is 1. The van der Waals surface area contributed by atoms with Crippen LogP contribution in [0.3, 0.4) is 0 Å². The quantitative estimate of drug-likeness (QED) is 0.628. The molecule has 0 saturated heterocycles. The molecule has 27 heavy (non-hydrogen) atoms. The number of amides is 1. The molecule has 1 aliphatic heterocycles. The van der Waals surface area contributed by atoms with Gasteiger partial charge in [0.25, 0.3) is 5.91 Å². The minimum Gasteiger partial charge on any atom is -0.508 e. The fraction of sp³-hybridized carbons (Fsp3) is 0. The molecule has 0 bridgehead atoms. The summed E-state index contributed by atoms with van der Waals surface area (Å²) in [7, 11) is 0. The van der Waals surface area contributed by atoms with E-state index in [9.17, 15) is 9.90 Å². The van der Waals surface area contributed by atoms with Crippen molar-refractivity contribution >= 4 is 35.0 Å². The summed E-state index contributed by atoms with van der Waals surface area (Å²) in [5.41, 5.74) is 3.84. The minimum absolute atomic E-state index is 0.126. The number of phenols is 1. The predicted octanol–water partition coefficient (Wildman–Crippen LogP) is 4.88. The second-order valence-electron chi connectivity index (χ2n) is 6.10. The van der Waals surface area contributed by atoms with Gasteiger partial charge in [0.2, 0.25) is 0 Å². The Balaban J connectivity index is 1.92. The molecule has 0 spiro atoms. The fourth-order valence-corrected chi connectivity index (χ4v) is 3.10. The van der Waals surface area contributed by atoms with Crippen molar-refractivity contribution in [2.24, 2.45) is 4.99 Å². The van der Waals surface area contributed by atoms with E-state index in [4.69, 9.17) is 11.6 Å². The molecule has 3 aromatic carbocycles. The summed E-state index contributed by atoms with van der Waals surface area (Å²) in [6.45, 7) is 0. The van der Waals surface area contributed by atoms with E-state index in [-0.39, 0.29) is 17.4 Å². The Morgan fingerprint density at radius 2 is 1.78 bits per heavy atom. The standard InChI is InChI=1S/C22H15ClN2O2/c23-16-9-10-19-18(13-16)21(15-6-2-1-3-7-15)24-20(22(27)25-19)12-14-5-4-8-17(26)11-14/h1-13,26H,(H,25,27)/b20-12+. The van der Waals surface area contributed by atoms with E-state index in [2.05, 4.69) is 10.3 Å². The molecule has 4 rings (SSSR count). The third-order valence-electron chi connectivity index (χ3n) is 4.17. The number of aliphatic imine (C=N–C) groups is 1. The van der Waals surface area contributed by atoms with E-state index in [0.717, 1.165) is 11.1 Å². The van der Waals surface area contributed by atoms with Gasteiger partial charge in [-0.25, -0.2) is 4.99 Å². The summed E-state index contributed by atoms with van der Waals surface area (Å²) in [5, 5.41) is 13.1. The van der Waals surface area contributed by atoms with Crippen molar-refractivity contribution in [3.63, 3.8) is 0 Å². The lowest BCUT2D eigenvalue weighted by atomic mass is 10.0. The van der Waals surface area contributed by atoms with Crippen molar-refractivity contribution in [2.75, 3.05) is 5.32 Å². The lowest BCUT2D eigenvalue weighted by Gasteiger charge is -2.10. The monoisotopic (exact) mass is 374 g/mol. The Morgan fingerprint density at radius 3 is 2.56 bits per heavy atom. The lowest BCUT2D eigenvalue weighted by Crippen LogP contribution is -2.12. The third kappa shape index (κ3) is 3.61. The van der Waals surface area contributed by atoms with Gasteiger partial charge in [0.1, 0.15) is 11.4 Å². The van der Waals surface area contributed by atoms with E-state index >= 15 is 0 Å². The van der Waals surface area contributed by atoms with Crippen LogP contribution in [0.2, 0.25) is 5.02 Å². The number of hydrogen-bond acceptors (Lipinski definition) is 3. The maximum atomic E-state index is 12.7. The zero-order chi connectivity index (χ0) is 18.8. The normalized spacial score (nSPS) is 14.9. The number of nitrogens with one attached hydrogen (secondary N) is 1. The van der Waals surface area contributed by atoms with Crippen LogP contribution in [0.25, 0.3) is 6.08 Å². The molecule has 0 radical (unpaired) electrons. The van der Waals surface area contributed by atoms with Gasteiger partial charge in [0, 0.05) is 16.1 Å². The predicted molar refractivity (Wildman–Crippen MR) is 108 cm³/mol. The first kappa shape index (κ1) is 17.1. The SMILES string of the molecule is O=C1Nc2ccc(Cl)cc2C(c2ccccc2)=N/C1=C/c1cccc(O)c1. The highest BCUT2D eigenvalue weighted by atomic mass is 35.5. The number of halogens is 1. The summed E-state index contributed by atoms with van der Waals surface area (Å²) >= 11 is 6.19. The van der Waals surface area contributed by atoms with Crippen LogP contribution in [-0.4, -0.2) is 16.7 Å². The van der Waals surface area contributed by atoms with Crippen molar-refractivity contribution in [2.45, 2.75) is 0 Å². The van der Waals surface area contributed by atoms with Crippen LogP contribution in [0, 0.1) is 0 Å². The van der Waals surface area contributed by atoms with E-state index in [1.165, 1.54) is 0 Å². The Hall–Kier alpha value is -3.37. The number of aromatic hydroxyl groups is 1. The molecule has 0 aliphatic carbocycles. The molecular weight excluding hydrogens is 360 g/mol. The molecule has 0 saturated carbocycles. The fourth-order valence-electron chi connectivity index (χ4n) is 2.93. The number of benzene rings is 3. The summed E-state index contributed by atoms with van der Waals surface area (Å²) in [6, 6.07) is 21.6. The second kappa shape index (κ2) is 7.09. The molecule has 4 nitrogen and oxygen atoms in total. The van der Waals surface area contributed by atoms with Gasteiger partial charge in [-0.05, 0) is 42.0 Å². The van der Waals surface area contributed by atoms with Gasteiger partial charge in [0.05, 0.1) is 11.4 Å². The van der Waals surface area contributed by atoms with Crippen LogP contribution in [0.15, 0.2) is 83.5 Å². The van der Waals surface area contributed by atoms with Gasteiger partial charge in [0.15, 0.2) is 0 Å². The third-order valence-corrected chi connectivity index (χ3v) is 4.41. The van der Waals surface area contributed by atoms with Crippen LogP contribution < -0.4 is 5.32 Å². The van der Waals surface area contributed by atoms with Crippen LogP contribution in [-0.2, 0) is 4.79 Å². The number of carbonyl (C=O) groups excluding carboxylic acids is 1. The van der Waals surface area contributed by atoms with E-state index < -0.39 is 0 Å². The number of carbonyl (C=O) groups is 1. The van der Waals surface area contributed by atoms with E-state index in [0.29, 0.717) is 22.0 Å². The molecule has 3 aromatic rings. The highest BCUT2D eigenvalue weighted by Crippen LogP contribution is 2.29. The number of benzodiazepines with no additional fused rings is 1. The Kier molecular flexibility index (Phi) is 4.48. The molecule has 1 amide bonds. The highest BCUT2D eigenvalue weighted by molar-refractivity contribution is 6.32. The molecular formula is C22H15ClN2O2. The maximum Gasteiger partial charge on any atom is 0.274 e. The molecule has 0 fully saturated rings. The number of phenolic OH excluding ortho intramolecular Hbond substituents is 1. The number of fused-ring (bicyclic) bond motifs is 1. The number of hydrogen-bond donors (Lipinski definition) is 2. The van der Waals surface area contributed by atoms with E-state index in [1.807, 2.05) is 30.3 Å². The maximum absolute atomic E-state index is 12.7. The number of anilines is 1. The number of rotatable bonds is 2. The molecule has 5 heteroatoms. The Labute approximate surface area is 161 Å². The van der Waals surface area contributed by atoms with Gasteiger partial charge in [-0.3, -0.25) is 4.79 Å². The summed E-state index contributed by atoms with van der Waals surface area (Å²) in [5.74, 6) is -0.200. The van der Waals surface area contributed by atoms with Crippen molar-refractivity contribution in [1.29, 1.82) is 0 Å². The lowest BCUT2D eigenvalue weighted by molar-refractivity contribution is -0.112. The van der Waals surface area contributed by atoms with Gasteiger partial charge in [-0.1, -0.05) is 54.1 Å². The van der Waals surface area contributed by atoms with E-state index in [1.54, 1.807) is 48.5 Å². The van der Waals surface area contributed by atoms with Crippen molar-refractivity contribution in [3.8, 4) is 5.75 Å². The Morgan fingerprint density at radius 1 is 0.963 bits per heavy atom. The zero-order valence-corrected chi connectivity index (χ0v) is 14.9. The molecule has 1 heterocycles. The molecule has 0 unspecified atom stereocenters. The van der Waals surface area contributed by atoms with Crippen LogP contribution in [0.1, 0.15) is 16.7 Å². The van der Waals surface area contributed by atoms with Crippen molar-refractivity contribution in [3.05, 3.63) is 100 Å². The molecule has 2 N–H and O–H groups in total.